The maximum absolute atomic E-state index is 3.79. The van der Waals surface area contributed by atoms with Gasteiger partial charge in [0.1, 0.15) is 0 Å². The van der Waals surface area contributed by atoms with E-state index in [0.29, 0.717) is 0 Å². The lowest BCUT2D eigenvalue weighted by atomic mass is 9.95. The summed E-state index contributed by atoms with van der Waals surface area (Å²) in [4.78, 5) is 2.81. The van der Waals surface area contributed by atoms with Crippen LogP contribution in [-0.4, -0.2) is 36.6 Å². The molecule has 18 heavy (non-hydrogen) atoms. The average molecular weight is 252 g/mol. The summed E-state index contributed by atoms with van der Waals surface area (Å²) in [6.45, 7) is 13.3. The summed E-state index contributed by atoms with van der Waals surface area (Å²) in [6.07, 6.45) is 5.64. The minimum atomic E-state index is 0.729. The standard InChI is InChI=1S/C16H32N2/c1-12(2)7-15-11-18(10-14-5-6-14)16(9-17-15)8-13(3)4/h12-17H,5-11H2,1-4H3. The molecule has 0 spiro atoms. The molecule has 2 fully saturated rings. The lowest BCUT2D eigenvalue weighted by Gasteiger charge is -2.42. The second-order valence-electron chi connectivity index (χ2n) is 7.42. The first-order chi connectivity index (χ1) is 8.54. The number of nitrogens with zero attached hydrogens (tertiary/aromatic N) is 1. The van der Waals surface area contributed by atoms with E-state index in [1.54, 1.807) is 0 Å². The molecular formula is C16H32N2. The van der Waals surface area contributed by atoms with Gasteiger partial charge in [-0.3, -0.25) is 4.90 Å². The Hall–Kier alpha value is -0.0800. The molecule has 2 aliphatic rings. The third-order valence-corrected chi connectivity index (χ3v) is 4.30. The summed E-state index contributed by atoms with van der Waals surface area (Å²) in [7, 11) is 0. The van der Waals surface area contributed by atoms with Crippen LogP contribution in [0.2, 0.25) is 0 Å². The molecule has 0 amide bonds. The molecule has 2 atom stereocenters. The van der Waals surface area contributed by atoms with Crippen LogP contribution in [0.15, 0.2) is 0 Å². The van der Waals surface area contributed by atoms with Crippen LogP contribution in [0.4, 0.5) is 0 Å². The van der Waals surface area contributed by atoms with Crippen molar-refractivity contribution in [3.63, 3.8) is 0 Å². The molecule has 2 heteroatoms. The van der Waals surface area contributed by atoms with Crippen molar-refractivity contribution < 1.29 is 0 Å². The van der Waals surface area contributed by atoms with Crippen molar-refractivity contribution >= 4 is 0 Å². The number of piperazine rings is 1. The van der Waals surface area contributed by atoms with Gasteiger partial charge in [0.15, 0.2) is 0 Å². The molecule has 1 aliphatic heterocycles. The molecule has 2 unspecified atom stereocenters. The maximum Gasteiger partial charge on any atom is 0.0223 e. The molecular weight excluding hydrogens is 220 g/mol. The Morgan fingerprint density at radius 3 is 2.28 bits per heavy atom. The fourth-order valence-corrected chi connectivity index (χ4v) is 3.29. The van der Waals surface area contributed by atoms with Crippen molar-refractivity contribution in [2.75, 3.05) is 19.6 Å². The fourth-order valence-electron chi connectivity index (χ4n) is 3.29. The highest BCUT2D eigenvalue weighted by Gasteiger charge is 2.32. The van der Waals surface area contributed by atoms with Gasteiger partial charge in [-0.1, -0.05) is 27.7 Å². The lowest BCUT2D eigenvalue weighted by Crippen LogP contribution is -2.57. The molecule has 0 aromatic rings. The van der Waals surface area contributed by atoms with Gasteiger partial charge in [0.2, 0.25) is 0 Å². The molecule has 2 rings (SSSR count). The van der Waals surface area contributed by atoms with E-state index < -0.39 is 0 Å². The Kier molecular flexibility index (Phi) is 5.08. The third-order valence-electron chi connectivity index (χ3n) is 4.30. The topological polar surface area (TPSA) is 15.3 Å². The maximum atomic E-state index is 3.79. The van der Waals surface area contributed by atoms with Gasteiger partial charge >= 0.3 is 0 Å². The van der Waals surface area contributed by atoms with E-state index >= 15 is 0 Å². The van der Waals surface area contributed by atoms with Crippen LogP contribution in [0.5, 0.6) is 0 Å². The zero-order valence-electron chi connectivity index (χ0n) is 12.8. The molecule has 0 aromatic heterocycles. The quantitative estimate of drug-likeness (QED) is 0.781. The van der Waals surface area contributed by atoms with Crippen LogP contribution < -0.4 is 5.32 Å². The van der Waals surface area contributed by atoms with Crippen molar-refractivity contribution in [2.24, 2.45) is 17.8 Å². The van der Waals surface area contributed by atoms with Gasteiger partial charge in [-0.2, -0.15) is 0 Å². The fraction of sp³-hybridized carbons (Fsp3) is 1.00. The molecule has 2 nitrogen and oxygen atoms in total. The zero-order chi connectivity index (χ0) is 13.1. The highest BCUT2D eigenvalue weighted by molar-refractivity contribution is 4.90. The Morgan fingerprint density at radius 1 is 1.06 bits per heavy atom. The van der Waals surface area contributed by atoms with Crippen molar-refractivity contribution in [2.45, 2.75) is 65.5 Å². The lowest BCUT2D eigenvalue weighted by molar-refractivity contribution is 0.102. The smallest absolute Gasteiger partial charge is 0.0223 e. The Morgan fingerprint density at radius 2 is 1.72 bits per heavy atom. The number of nitrogens with one attached hydrogen (secondary N) is 1. The molecule has 1 N–H and O–H groups in total. The molecule has 1 saturated heterocycles. The molecule has 0 radical (unpaired) electrons. The minimum absolute atomic E-state index is 0.729. The molecule has 0 aromatic carbocycles. The Labute approximate surface area is 114 Å². The predicted molar refractivity (Wildman–Crippen MR) is 78.8 cm³/mol. The van der Waals surface area contributed by atoms with Crippen LogP contribution in [0.25, 0.3) is 0 Å². The molecule has 1 saturated carbocycles. The molecule has 1 heterocycles. The summed E-state index contributed by atoms with van der Waals surface area (Å²) in [5.74, 6) is 2.66. The second-order valence-corrected chi connectivity index (χ2v) is 7.42. The minimum Gasteiger partial charge on any atom is -0.311 e. The van der Waals surface area contributed by atoms with Crippen LogP contribution in [0.1, 0.15) is 53.4 Å². The first kappa shape index (κ1) is 14.3. The highest BCUT2D eigenvalue weighted by atomic mass is 15.2. The summed E-state index contributed by atoms with van der Waals surface area (Å²) >= 11 is 0. The number of hydrogen-bond donors (Lipinski definition) is 1. The highest BCUT2D eigenvalue weighted by Crippen LogP contribution is 2.31. The van der Waals surface area contributed by atoms with E-state index in [-0.39, 0.29) is 0 Å². The van der Waals surface area contributed by atoms with E-state index in [2.05, 4.69) is 37.9 Å². The average Bonchev–Trinajstić information content (AvgIpc) is 3.04. The zero-order valence-corrected chi connectivity index (χ0v) is 12.8. The second kappa shape index (κ2) is 6.38. The SMILES string of the molecule is CC(C)CC1CN(CC2CC2)C(CC(C)C)CN1. The first-order valence-corrected chi connectivity index (χ1v) is 8.02. The van der Waals surface area contributed by atoms with E-state index in [1.165, 1.54) is 45.3 Å². The molecule has 0 bridgehead atoms. The van der Waals surface area contributed by atoms with E-state index in [1.807, 2.05) is 0 Å². The first-order valence-electron chi connectivity index (χ1n) is 8.02. The molecule has 106 valence electrons. The van der Waals surface area contributed by atoms with Gasteiger partial charge in [0.25, 0.3) is 0 Å². The summed E-state index contributed by atoms with van der Waals surface area (Å²) < 4.78 is 0. The van der Waals surface area contributed by atoms with Crippen LogP contribution in [-0.2, 0) is 0 Å². The Balaban J connectivity index is 1.87. The number of hydrogen-bond acceptors (Lipinski definition) is 2. The summed E-state index contributed by atoms with van der Waals surface area (Å²) in [6, 6.07) is 1.51. The van der Waals surface area contributed by atoms with Crippen molar-refractivity contribution in [3.8, 4) is 0 Å². The monoisotopic (exact) mass is 252 g/mol. The van der Waals surface area contributed by atoms with Crippen LogP contribution in [0, 0.1) is 17.8 Å². The summed E-state index contributed by atoms with van der Waals surface area (Å²) in [5.41, 5.74) is 0. The third kappa shape index (κ3) is 4.55. The predicted octanol–water partition coefficient (Wildman–Crippen LogP) is 3.13. The van der Waals surface area contributed by atoms with E-state index in [4.69, 9.17) is 0 Å². The van der Waals surface area contributed by atoms with Gasteiger partial charge in [0, 0.05) is 31.7 Å². The van der Waals surface area contributed by atoms with E-state index in [0.717, 1.165) is 29.8 Å². The van der Waals surface area contributed by atoms with Gasteiger partial charge in [-0.15, -0.1) is 0 Å². The van der Waals surface area contributed by atoms with Crippen LogP contribution in [0.3, 0.4) is 0 Å². The number of rotatable bonds is 6. The van der Waals surface area contributed by atoms with E-state index in [9.17, 15) is 0 Å². The van der Waals surface area contributed by atoms with Crippen molar-refractivity contribution in [3.05, 3.63) is 0 Å². The van der Waals surface area contributed by atoms with Gasteiger partial charge in [-0.05, 0) is 43.4 Å². The largest absolute Gasteiger partial charge is 0.311 e. The Bertz CT molecular complexity index is 245. The summed E-state index contributed by atoms with van der Waals surface area (Å²) in [5, 5.41) is 3.79. The van der Waals surface area contributed by atoms with Gasteiger partial charge in [-0.25, -0.2) is 0 Å². The van der Waals surface area contributed by atoms with Crippen LogP contribution >= 0.6 is 0 Å². The van der Waals surface area contributed by atoms with Crippen molar-refractivity contribution in [1.82, 2.24) is 10.2 Å². The van der Waals surface area contributed by atoms with Crippen molar-refractivity contribution in [1.29, 1.82) is 0 Å². The molecule has 1 aliphatic carbocycles. The van der Waals surface area contributed by atoms with Gasteiger partial charge in [0.05, 0.1) is 0 Å². The van der Waals surface area contributed by atoms with Gasteiger partial charge < -0.3 is 5.32 Å². The normalized spacial score (nSPS) is 30.3.